The summed E-state index contributed by atoms with van der Waals surface area (Å²) in [6.45, 7) is 10.4. The first-order valence-electron chi connectivity index (χ1n) is 7.82. The quantitative estimate of drug-likeness (QED) is 0.454. The Morgan fingerprint density at radius 2 is 1.82 bits per heavy atom. The molecule has 1 atom stereocenters. The molecule has 0 aliphatic heterocycles. The van der Waals surface area contributed by atoms with E-state index >= 15 is 0 Å². The molecule has 0 radical (unpaired) electrons. The fourth-order valence-corrected chi connectivity index (χ4v) is 2.70. The van der Waals surface area contributed by atoms with E-state index in [1.54, 1.807) is 0 Å². The van der Waals surface area contributed by atoms with Gasteiger partial charge in [-0.25, -0.2) is 0 Å². The Bertz CT molecular complexity index is 554. The van der Waals surface area contributed by atoms with Gasteiger partial charge in [-0.3, -0.25) is 4.79 Å². The number of hydrogen-bond donors (Lipinski definition) is 1. The van der Waals surface area contributed by atoms with Crippen LogP contribution in [0.25, 0.3) is 0 Å². The van der Waals surface area contributed by atoms with Gasteiger partial charge >= 0.3 is 0 Å². The van der Waals surface area contributed by atoms with Crippen molar-refractivity contribution in [2.24, 2.45) is 5.41 Å². The molecule has 2 nitrogen and oxygen atoms in total. The third kappa shape index (κ3) is 5.27. The van der Waals surface area contributed by atoms with Gasteiger partial charge in [0.25, 0.3) is 0 Å². The van der Waals surface area contributed by atoms with Gasteiger partial charge < -0.3 is 5.11 Å². The minimum atomic E-state index is -0.312. The summed E-state index contributed by atoms with van der Waals surface area (Å²) in [5, 5.41) is 10.0. The molecule has 0 saturated heterocycles. The summed E-state index contributed by atoms with van der Waals surface area (Å²) in [5.74, 6) is 0. The molecule has 0 aromatic carbocycles. The van der Waals surface area contributed by atoms with Crippen LogP contribution in [-0.4, -0.2) is 17.5 Å². The minimum absolute atomic E-state index is 0.110. The lowest BCUT2D eigenvalue weighted by Crippen LogP contribution is -2.27. The Hall–Kier alpha value is -1.67. The third-order valence-corrected chi connectivity index (χ3v) is 4.26. The van der Waals surface area contributed by atoms with Crippen molar-refractivity contribution in [2.75, 3.05) is 0 Å². The average molecular weight is 300 g/mol. The Morgan fingerprint density at radius 3 is 2.45 bits per heavy atom. The van der Waals surface area contributed by atoms with Crippen molar-refractivity contribution >= 4 is 6.29 Å². The number of carbonyl (C=O) groups is 1. The maximum Gasteiger partial charge on any atom is 0.143 e. The van der Waals surface area contributed by atoms with Crippen LogP contribution in [0.1, 0.15) is 47.5 Å². The van der Waals surface area contributed by atoms with Gasteiger partial charge in [-0.1, -0.05) is 49.8 Å². The van der Waals surface area contributed by atoms with Crippen LogP contribution in [-0.2, 0) is 4.79 Å². The normalized spacial score (nSPS) is 23.6. The second-order valence-electron chi connectivity index (χ2n) is 6.68. The van der Waals surface area contributed by atoms with Crippen LogP contribution in [0.15, 0.2) is 58.7 Å². The zero-order chi connectivity index (χ0) is 16.8. The highest BCUT2D eigenvalue weighted by Gasteiger charge is 2.30. The molecule has 22 heavy (non-hydrogen) atoms. The molecule has 1 aliphatic carbocycles. The molecule has 0 bridgehead atoms. The standard InChI is InChI=1S/C20H28O2/c1-15(7-6-8-16(2)12-14-21)9-10-18-17(3)19(22)11-13-20(18,4)5/h6-10,12,14,19,22H,11,13H2,1-5H3/b8-6+,10-9+,15-7+,16-12+/t19-/m1/s1. The molecule has 1 aliphatic rings. The SMILES string of the molecule is CC1=C(/C=C/C(C)=C/C=C/C(C)=C/C=O)C(C)(C)CC[C@H]1O. The topological polar surface area (TPSA) is 37.3 Å². The predicted molar refractivity (Wildman–Crippen MR) is 93.6 cm³/mol. The fraction of sp³-hybridized carbons (Fsp3) is 0.450. The highest BCUT2D eigenvalue weighted by molar-refractivity contribution is 5.66. The zero-order valence-electron chi connectivity index (χ0n) is 14.4. The van der Waals surface area contributed by atoms with Crippen molar-refractivity contribution in [3.63, 3.8) is 0 Å². The van der Waals surface area contributed by atoms with E-state index in [1.165, 1.54) is 11.6 Å². The molecule has 0 saturated carbocycles. The molecule has 0 heterocycles. The van der Waals surface area contributed by atoms with Crippen LogP contribution in [0.4, 0.5) is 0 Å². The van der Waals surface area contributed by atoms with Gasteiger partial charge in [0.2, 0.25) is 0 Å². The van der Waals surface area contributed by atoms with Crippen LogP contribution >= 0.6 is 0 Å². The number of aliphatic hydroxyl groups is 1. The van der Waals surface area contributed by atoms with Crippen molar-refractivity contribution in [1.82, 2.24) is 0 Å². The van der Waals surface area contributed by atoms with Gasteiger partial charge in [0.05, 0.1) is 6.10 Å². The van der Waals surface area contributed by atoms with Crippen LogP contribution in [0, 0.1) is 5.41 Å². The molecule has 0 unspecified atom stereocenters. The van der Waals surface area contributed by atoms with Crippen molar-refractivity contribution in [2.45, 2.75) is 53.6 Å². The first-order valence-corrected chi connectivity index (χ1v) is 7.82. The van der Waals surface area contributed by atoms with Gasteiger partial charge in [-0.2, -0.15) is 0 Å². The molecule has 2 heteroatoms. The van der Waals surface area contributed by atoms with E-state index in [0.717, 1.165) is 35.8 Å². The molecule has 0 fully saturated rings. The smallest absolute Gasteiger partial charge is 0.143 e. The summed E-state index contributed by atoms with van der Waals surface area (Å²) < 4.78 is 0. The maximum absolute atomic E-state index is 10.3. The molecule has 1 N–H and O–H groups in total. The second-order valence-corrected chi connectivity index (χ2v) is 6.68. The predicted octanol–water partition coefficient (Wildman–Crippen LogP) is 4.69. The number of carbonyl (C=O) groups excluding carboxylic acids is 1. The minimum Gasteiger partial charge on any atom is -0.389 e. The molecule has 0 aromatic heterocycles. The van der Waals surface area contributed by atoms with Crippen molar-refractivity contribution < 1.29 is 9.90 Å². The van der Waals surface area contributed by atoms with Crippen LogP contribution in [0.5, 0.6) is 0 Å². The summed E-state index contributed by atoms with van der Waals surface area (Å²) in [6, 6.07) is 0. The summed E-state index contributed by atoms with van der Waals surface area (Å²) >= 11 is 0. The number of hydrogen-bond acceptors (Lipinski definition) is 2. The van der Waals surface area contributed by atoms with E-state index in [-0.39, 0.29) is 11.5 Å². The largest absolute Gasteiger partial charge is 0.389 e. The average Bonchev–Trinajstić information content (AvgIpc) is 2.43. The molecule has 120 valence electrons. The summed E-state index contributed by atoms with van der Waals surface area (Å²) in [4.78, 5) is 10.3. The molecular weight excluding hydrogens is 272 g/mol. The van der Waals surface area contributed by atoms with Crippen LogP contribution in [0.2, 0.25) is 0 Å². The highest BCUT2D eigenvalue weighted by atomic mass is 16.3. The van der Waals surface area contributed by atoms with Crippen molar-refractivity contribution in [3.8, 4) is 0 Å². The molecular formula is C20H28O2. The van der Waals surface area contributed by atoms with Crippen LogP contribution < -0.4 is 0 Å². The lowest BCUT2D eigenvalue weighted by atomic mass is 9.71. The second kappa shape index (κ2) is 8.09. The molecule has 0 amide bonds. The van der Waals surface area contributed by atoms with E-state index in [0.29, 0.717) is 0 Å². The zero-order valence-corrected chi connectivity index (χ0v) is 14.4. The van der Waals surface area contributed by atoms with E-state index < -0.39 is 0 Å². The van der Waals surface area contributed by atoms with E-state index in [9.17, 15) is 9.90 Å². The third-order valence-electron chi connectivity index (χ3n) is 4.26. The Labute approximate surface area is 134 Å². The van der Waals surface area contributed by atoms with E-state index in [4.69, 9.17) is 0 Å². The number of allylic oxidation sites excluding steroid dienone is 9. The summed E-state index contributed by atoms with van der Waals surface area (Å²) in [7, 11) is 0. The summed E-state index contributed by atoms with van der Waals surface area (Å²) in [6.07, 6.45) is 13.9. The molecule has 1 rings (SSSR count). The van der Waals surface area contributed by atoms with Gasteiger partial charge in [0.1, 0.15) is 6.29 Å². The van der Waals surface area contributed by atoms with Gasteiger partial charge in [-0.05, 0) is 61.8 Å². The van der Waals surface area contributed by atoms with Crippen LogP contribution in [0.3, 0.4) is 0 Å². The molecule has 0 spiro atoms. The number of rotatable bonds is 5. The first kappa shape index (κ1) is 18.4. The van der Waals surface area contributed by atoms with Gasteiger partial charge in [-0.15, -0.1) is 0 Å². The molecule has 0 aromatic rings. The van der Waals surface area contributed by atoms with E-state index in [1.807, 2.05) is 39.0 Å². The fourth-order valence-electron chi connectivity index (χ4n) is 2.70. The monoisotopic (exact) mass is 300 g/mol. The van der Waals surface area contributed by atoms with Crippen molar-refractivity contribution in [3.05, 3.63) is 58.7 Å². The Morgan fingerprint density at radius 1 is 1.18 bits per heavy atom. The number of aldehydes is 1. The lowest BCUT2D eigenvalue weighted by molar-refractivity contribution is -0.104. The maximum atomic E-state index is 10.3. The highest BCUT2D eigenvalue weighted by Crippen LogP contribution is 2.40. The van der Waals surface area contributed by atoms with Crippen molar-refractivity contribution in [1.29, 1.82) is 0 Å². The lowest BCUT2D eigenvalue weighted by Gasteiger charge is -2.35. The van der Waals surface area contributed by atoms with Gasteiger partial charge in [0, 0.05) is 0 Å². The Kier molecular flexibility index (Phi) is 6.76. The Balaban J connectivity index is 2.88. The number of aliphatic hydroxyl groups excluding tert-OH is 1. The van der Waals surface area contributed by atoms with E-state index in [2.05, 4.69) is 26.0 Å². The first-order chi connectivity index (χ1) is 10.3. The van der Waals surface area contributed by atoms with Gasteiger partial charge in [0.15, 0.2) is 0 Å². The summed E-state index contributed by atoms with van der Waals surface area (Å²) in [5.41, 5.74) is 4.49.